The summed E-state index contributed by atoms with van der Waals surface area (Å²) in [5.41, 5.74) is 4.25. The number of anilines is 1. The van der Waals surface area contributed by atoms with E-state index in [-0.39, 0.29) is 36.0 Å². The number of aromatic nitrogens is 1. The smallest absolute Gasteiger partial charge is 0.415 e. The van der Waals surface area contributed by atoms with Crippen molar-refractivity contribution in [2.24, 2.45) is 11.8 Å². The zero-order valence-electron chi connectivity index (χ0n) is 17.6. The summed E-state index contributed by atoms with van der Waals surface area (Å²) >= 11 is 0. The first-order valence-corrected chi connectivity index (χ1v) is 10.8. The zero-order chi connectivity index (χ0) is 22.0. The van der Waals surface area contributed by atoms with Crippen LogP contribution in [0.4, 0.5) is 10.5 Å². The molecular formula is C24H22N4O4. The molecule has 2 aromatic rings. The molecule has 5 atom stereocenters. The van der Waals surface area contributed by atoms with Crippen LogP contribution in [0.3, 0.4) is 0 Å². The van der Waals surface area contributed by atoms with E-state index in [0.29, 0.717) is 26.2 Å². The maximum Gasteiger partial charge on any atom is 0.415 e. The molecule has 1 unspecified atom stereocenters. The topological polar surface area (TPSA) is 85.1 Å². The van der Waals surface area contributed by atoms with Gasteiger partial charge in [0.05, 0.1) is 43.3 Å². The van der Waals surface area contributed by atoms with E-state index in [1.165, 1.54) is 6.92 Å². The van der Waals surface area contributed by atoms with Gasteiger partial charge in [0.15, 0.2) is 0 Å². The number of cyclic esters (lactones) is 1. The Balaban J connectivity index is 1.24. The van der Waals surface area contributed by atoms with E-state index < -0.39 is 5.54 Å². The number of ether oxygens (including phenoxy) is 2. The van der Waals surface area contributed by atoms with Crippen LogP contribution in [0.25, 0.3) is 16.0 Å². The molecule has 0 bridgehead atoms. The lowest BCUT2D eigenvalue weighted by Gasteiger charge is -2.16. The Labute approximate surface area is 185 Å². The summed E-state index contributed by atoms with van der Waals surface area (Å²) in [5.74, 6) is 0.379. The minimum atomic E-state index is -0.511. The normalized spacial score (nSPS) is 31.4. The molecule has 4 aliphatic rings. The number of fused-ring (bicyclic) bond motifs is 4. The fourth-order valence-corrected chi connectivity index (χ4v) is 5.61. The van der Waals surface area contributed by atoms with Crippen LogP contribution < -0.4 is 10.2 Å². The Morgan fingerprint density at radius 2 is 2.06 bits per heavy atom. The van der Waals surface area contributed by atoms with Crippen LogP contribution in [0.15, 0.2) is 36.5 Å². The summed E-state index contributed by atoms with van der Waals surface area (Å²) in [5, 5.41) is 2.75. The van der Waals surface area contributed by atoms with Crippen LogP contribution in [0.2, 0.25) is 0 Å². The molecule has 1 N–H and O–H groups in total. The Hall–Kier alpha value is -3.44. The minimum absolute atomic E-state index is 0.116. The molecule has 8 heteroatoms. The second-order valence-electron chi connectivity index (χ2n) is 8.96. The summed E-state index contributed by atoms with van der Waals surface area (Å²) in [6, 6.07) is 9.90. The van der Waals surface area contributed by atoms with Crippen molar-refractivity contribution in [1.29, 1.82) is 0 Å². The Morgan fingerprint density at radius 1 is 1.28 bits per heavy atom. The summed E-state index contributed by atoms with van der Waals surface area (Å²) in [4.78, 5) is 34.0. The highest BCUT2D eigenvalue weighted by molar-refractivity contribution is 5.94. The van der Waals surface area contributed by atoms with E-state index in [2.05, 4.69) is 21.2 Å². The molecule has 6 rings (SSSR count). The number of amides is 2. The molecule has 2 amide bonds. The number of nitrogens with zero attached hydrogens (tertiary/aromatic N) is 3. The quantitative estimate of drug-likeness (QED) is 0.754. The fourth-order valence-electron chi connectivity index (χ4n) is 5.61. The number of hydrogen-bond acceptors (Lipinski definition) is 5. The van der Waals surface area contributed by atoms with Gasteiger partial charge in [0, 0.05) is 18.7 Å². The monoisotopic (exact) mass is 430 g/mol. The molecular weight excluding hydrogens is 408 g/mol. The van der Waals surface area contributed by atoms with Crippen LogP contribution in [-0.2, 0) is 26.2 Å². The first-order valence-electron chi connectivity index (χ1n) is 10.8. The maximum atomic E-state index is 12.4. The van der Waals surface area contributed by atoms with Crippen LogP contribution >= 0.6 is 0 Å². The minimum Gasteiger partial charge on any atom is -0.442 e. The highest BCUT2D eigenvalue weighted by atomic mass is 16.6. The van der Waals surface area contributed by atoms with Crippen LogP contribution in [0.1, 0.15) is 18.2 Å². The van der Waals surface area contributed by atoms with Gasteiger partial charge in [-0.3, -0.25) is 14.7 Å². The highest BCUT2D eigenvalue weighted by Gasteiger charge is 2.77. The number of rotatable bonds is 4. The molecule has 32 heavy (non-hydrogen) atoms. The third kappa shape index (κ3) is 2.61. The molecule has 3 fully saturated rings. The van der Waals surface area contributed by atoms with Gasteiger partial charge < -0.3 is 19.6 Å². The van der Waals surface area contributed by atoms with Gasteiger partial charge in [-0.15, -0.1) is 0 Å². The lowest BCUT2D eigenvalue weighted by molar-refractivity contribution is -0.119. The van der Waals surface area contributed by atoms with Gasteiger partial charge in [-0.05, 0) is 35.7 Å². The molecule has 162 valence electrons. The van der Waals surface area contributed by atoms with Gasteiger partial charge in [0.2, 0.25) is 5.91 Å². The third-order valence-corrected chi connectivity index (χ3v) is 7.32. The number of carbonyl (C=O) groups is 2. The Bertz CT molecular complexity index is 1160. The van der Waals surface area contributed by atoms with Gasteiger partial charge >= 0.3 is 6.09 Å². The van der Waals surface area contributed by atoms with Crippen molar-refractivity contribution in [3.8, 4) is 11.1 Å². The molecule has 2 saturated heterocycles. The van der Waals surface area contributed by atoms with Gasteiger partial charge in [-0.1, -0.05) is 12.1 Å². The standard InChI is InChI=1S/C24H22N4O4/c1-13(29)26-10-21-20-8-16-7-14(3-5-19(16)28(20)23(30)32-21)15-4-6-22(27-9-15)24(25-2)17-11-31-12-18(17)24/h3-7,9,17-18,20-21H,8,10-12H2,1H3,(H,26,29)/t17-,18?,20+,21+,24-/m1/s1. The van der Waals surface area contributed by atoms with E-state index in [1.54, 1.807) is 4.90 Å². The largest absolute Gasteiger partial charge is 0.442 e. The average molecular weight is 430 g/mol. The second-order valence-corrected chi connectivity index (χ2v) is 8.96. The predicted octanol–water partition coefficient (Wildman–Crippen LogP) is 2.53. The van der Waals surface area contributed by atoms with E-state index in [1.807, 2.05) is 30.5 Å². The Morgan fingerprint density at radius 3 is 2.75 bits per heavy atom. The van der Waals surface area contributed by atoms with Crippen molar-refractivity contribution in [1.82, 2.24) is 10.3 Å². The van der Waals surface area contributed by atoms with Gasteiger partial charge in [-0.2, -0.15) is 0 Å². The van der Waals surface area contributed by atoms with E-state index in [0.717, 1.165) is 28.1 Å². The molecule has 1 saturated carbocycles. The van der Waals surface area contributed by atoms with Crippen molar-refractivity contribution >= 4 is 17.7 Å². The molecule has 1 aromatic carbocycles. The van der Waals surface area contributed by atoms with Crippen molar-refractivity contribution < 1.29 is 19.1 Å². The number of benzene rings is 1. The van der Waals surface area contributed by atoms with Crippen molar-refractivity contribution in [3.63, 3.8) is 0 Å². The van der Waals surface area contributed by atoms with Gasteiger partial charge in [-0.25, -0.2) is 11.4 Å². The number of nitrogens with one attached hydrogen (secondary N) is 1. The van der Waals surface area contributed by atoms with E-state index >= 15 is 0 Å². The van der Waals surface area contributed by atoms with Gasteiger partial charge in [0.25, 0.3) is 5.54 Å². The van der Waals surface area contributed by atoms with Crippen LogP contribution in [0.5, 0.6) is 0 Å². The summed E-state index contributed by atoms with van der Waals surface area (Å²) < 4.78 is 10.9. The van der Waals surface area contributed by atoms with E-state index in [4.69, 9.17) is 16.0 Å². The van der Waals surface area contributed by atoms with Crippen molar-refractivity contribution in [3.05, 3.63) is 59.2 Å². The molecule has 3 aliphatic heterocycles. The molecule has 8 nitrogen and oxygen atoms in total. The predicted molar refractivity (Wildman–Crippen MR) is 115 cm³/mol. The maximum absolute atomic E-state index is 12.4. The molecule has 1 aliphatic carbocycles. The summed E-state index contributed by atoms with van der Waals surface area (Å²) in [7, 11) is 0. The SMILES string of the molecule is [C-]#[N+][C@@]1(c2ccc(-c3ccc4c(c3)C[C@H]3[C@H](CNC(C)=O)OC(=O)N43)cn2)C2COC[C@H]21. The summed E-state index contributed by atoms with van der Waals surface area (Å²) in [6.07, 6.45) is 1.78. The molecule has 1 aromatic heterocycles. The highest BCUT2D eigenvalue weighted by Crippen LogP contribution is 2.63. The molecule has 4 heterocycles. The van der Waals surface area contributed by atoms with E-state index in [9.17, 15) is 9.59 Å². The first kappa shape index (κ1) is 19.3. The number of pyridine rings is 1. The van der Waals surface area contributed by atoms with Gasteiger partial charge in [0.1, 0.15) is 11.8 Å². The number of carbonyl (C=O) groups excluding carboxylic acids is 2. The molecule has 0 radical (unpaired) electrons. The number of hydrogen-bond donors (Lipinski definition) is 1. The van der Waals surface area contributed by atoms with Crippen LogP contribution in [0, 0.1) is 18.4 Å². The Kier molecular flexibility index (Phi) is 4.08. The lowest BCUT2D eigenvalue weighted by atomic mass is 9.99. The average Bonchev–Trinajstić information content (AvgIpc) is 3.20. The fraction of sp³-hybridized carbons (Fsp3) is 0.417. The third-order valence-electron chi connectivity index (χ3n) is 7.32. The first-order chi connectivity index (χ1) is 15.5. The molecule has 0 spiro atoms. The van der Waals surface area contributed by atoms with Crippen molar-refractivity contribution in [2.75, 3.05) is 24.7 Å². The van der Waals surface area contributed by atoms with Crippen LogP contribution in [-0.4, -0.2) is 48.9 Å². The zero-order valence-corrected chi connectivity index (χ0v) is 17.6. The second kappa shape index (κ2) is 6.78. The lowest BCUT2D eigenvalue weighted by Crippen LogP contribution is -2.40. The van der Waals surface area contributed by atoms with Crippen molar-refractivity contribution in [2.45, 2.75) is 31.0 Å². The summed E-state index contributed by atoms with van der Waals surface area (Å²) in [6.45, 7) is 10.8.